The number of hydrogen-bond acceptors (Lipinski definition) is 2. The molecule has 1 heterocycles. The number of rotatable bonds is 4. The Hall–Kier alpha value is -2.62. The quantitative estimate of drug-likeness (QED) is 0.747. The van der Waals surface area contributed by atoms with Gasteiger partial charge in [0.25, 0.3) is 0 Å². The summed E-state index contributed by atoms with van der Waals surface area (Å²) in [5.41, 5.74) is 6.43. The van der Waals surface area contributed by atoms with Crippen molar-refractivity contribution in [2.24, 2.45) is 0 Å². The molecule has 0 aliphatic rings. The zero-order valence-corrected chi connectivity index (χ0v) is 12.7. The van der Waals surface area contributed by atoms with Gasteiger partial charge in [0.2, 0.25) is 0 Å². The second-order valence-electron chi connectivity index (χ2n) is 5.51. The Morgan fingerprint density at radius 3 is 2.41 bits per heavy atom. The lowest BCUT2D eigenvalue weighted by Crippen LogP contribution is -2.00. The van der Waals surface area contributed by atoms with Crippen molar-refractivity contribution in [2.45, 2.75) is 20.4 Å². The van der Waals surface area contributed by atoms with E-state index in [1.54, 1.807) is 18.3 Å². The third kappa shape index (κ3) is 3.17. The number of aromatic nitrogens is 2. The molecule has 3 aromatic rings. The van der Waals surface area contributed by atoms with Gasteiger partial charge in [0, 0.05) is 23.4 Å². The van der Waals surface area contributed by atoms with Crippen LogP contribution >= 0.6 is 0 Å². The smallest absolute Gasteiger partial charge is 0.123 e. The Bertz CT molecular complexity index is 755. The summed E-state index contributed by atoms with van der Waals surface area (Å²) in [7, 11) is 0. The molecule has 2 N–H and O–H groups in total. The minimum Gasteiger partial charge on any atom is -0.381 e. The molecule has 0 amide bonds. The zero-order valence-electron chi connectivity index (χ0n) is 12.7. The van der Waals surface area contributed by atoms with E-state index in [4.69, 9.17) is 0 Å². The van der Waals surface area contributed by atoms with E-state index in [-0.39, 0.29) is 5.82 Å². The normalized spacial score (nSPS) is 10.7. The fourth-order valence-corrected chi connectivity index (χ4v) is 2.59. The van der Waals surface area contributed by atoms with E-state index in [2.05, 4.69) is 47.6 Å². The number of nitrogens with one attached hydrogen (secondary N) is 2. The largest absolute Gasteiger partial charge is 0.381 e. The summed E-state index contributed by atoms with van der Waals surface area (Å²) in [5.74, 6) is -0.238. The Balaban J connectivity index is 1.79. The molecular formula is C18H18FN3. The van der Waals surface area contributed by atoms with Crippen molar-refractivity contribution >= 4 is 5.69 Å². The van der Waals surface area contributed by atoms with Gasteiger partial charge in [0.15, 0.2) is 0 Å². The first kappa shape index (κ1) is 14.3. The van der Waals surface area contributed by atoms with Gasteiger partial charge in [-0.1, -0.05) is 6.07 Å². The van der Waals surface area contributed by atoms with Crippen LogP contribution in [-0.2, 0) is 6.54 Å². The lowest BCUT2D eigenvalue weighted by Gasteiger charge is -2.09. The summed E-state index contributed by atoms with van der Waals surface area (Å²) in [4.78, 5) is 0. The van der Waals surface area contributed by atoms with Gasteiger partial charge in [0.1, 0.15) is 5.82 Å². The van der Waals surface area contributed by atoms with Gasteiger partial charge in [-0.25, -0.2) is 4.39 Å². The van der Waals surface area contributed by atoms with Crippen LogP contribution in [0.15, 0.2) is 48.7 Å². The molecule has 0 fully saturated rings. The van der Waals surface area contributed by atoms with Crippen LogP contribution in [0.1, 0.15) is 16.7 Å². The van der Waals surface area contributed by atoms with Gasteiger partial charge >= 0.3 is 0 Å². The minimum absolute atomic E-state index is 0.238. The van der Waals surface area contributed by atoms with Crippen molar-refractivity contribution in [1.29, 1.82) is 0 Å². The molecule has 0 saturated carbocycles. The average molecular weight is 295 g/mol. The van der Waals surface area contributed by atoms with Crippen LogP contribution in [0, 0.1) is 19.7 Å². The SMILES string of the molecule is Cc1cc(C)cc(NCc2cn[nH]c2-c2ccc(F)cc2)c1. The van der Waals surface area contributed by atoms with Crippen LogP contribution in [0.5, 0.6) is 0 Å². The van der Waals surface area contributed by atoms with E-state index in [1.165, 1.54) is 23.3 Å². The van der Waals surface area contributed by atoms with Crippen molar-refractivity contribution in [2.75, 3.05) is 5.32 Å². The summed E-state index contributed by atoms with van der Waals surface area (Å²) in [6, 6.07) is 12.8. The maximum Gasteiger partial charge on any atom is 0.123 e. The van der Waals surface area contributed by atoms with Crippen molar-refractivity contribution < 1.29 is 4.39 Å². The van der Waals surface area contributed by atoms with E-state index < -0.39 is 0 Å². The summed E-state index contributed by atoms with van der Waals surface area (Å²) in [6.07, 6.45) is 1.80. The van der Waals surface area contributed by atoms with Crippen molar-refractivity contribution in [3.05, 3.63) is 71.2 Å². The molecule has 2 aromatic carbocycles. The average Bonchev–Trinajstić information content (AvgIpc) is 2.93. The second kappa shape index (κ2) is 6.02. The van der Waals surface area contributed by atoms with Gasteiger partial charge in [0.05, 0.1) is 11.9 Å². The number of nitrogens with zero attached hydrogens (tertiary/aromatic N) is 1. The number of anilines is 1. The number of H-pyrrole nitrogens is 1. The molecule has 112 valence electrons. The topological polar surface area (TPSA) is 40.7 Å². The summed E-state index contributed by atoms with van der Waals surface area (Å²) >= 11 is 0. The highest BCUT2D eigenvalue weighted by atomic mass is 19.1. The summed E-state index contributed by atoms with van der Waals surface area (Å²) in [5, 5.41) is 10.5. The lowest BCUT2D eigenvalue weighted by molar-refractivity contribution is 0.628. The van der Waals surface area contributed by atoms with Crippen LogP contribution in [-0.4, -0.2) is 10.2 Å². The van der Waals surface area contributed by atoms with Crippen LogP contribution in [0.3, 0.4) is 0 Å². The Kier molecular flexibility index (Phi) is 3.92. The third-order valence-corrected chi connectivity index (χ3v) is 3.56. The highest BCUT2D eigenvalue weighted by molar-refractivity contribution is 5.63. The summed E-state index contributed by atoms with van der Waals surface area (Å²) < 4.78 is 13.0. The van der Waals surface area contributed by atoms with Gasteiger partial charge in [-0.3, -0.25) is 5.10 Å². The molecule has 22 heavy (non-hydrogen) atoms. The molecule has 0 spiro atoms. The van der Waals surface area contributed by atoms with Gasteiger partial charge in [-0.05, 0) is 61.4 Å². The van der Waals surface area contributed by atoms with Crippen LogP contribution in [0.4, 0.5) is 10.1 Å². The fourth-order valence-electron chi connectivity index (χ4n) is 2.59. The highest BCUT2D eigenvalue weighted by Crippen LogP contribution is 2.22. The molecule has 0 aliphatic carbocycles. The Morgan fingerprint density at radius 1 is 1.05 bits per heavy atom. The number of halogens is 1. The number of aromatic amines is 1. The predicted molar refractivity (Wildman–Crippen MR) is 87.2 cm³/mol. The molecule has 0 aliphatic heterocycles. The fraction of sp³-hybridized carbons (Fsp3) is 0.167. The molecule has 0 saturated heterocycles. The molecular weight excluding hydrogens is 277 g/mol. The molecule has 1 aromatic heterocycles. The highest BCUT2D eigenvalue weighted by Gasteiger charge is 2.08. The van der Waals surface area contributed by atoms with Crippen LogP contribution < -0.4 is 5.32 Å². The molecule has 0 atom stereocenters. The first-order valence-electron chi connectivity index (χ1n) is 7.22. The molecule has 4 heteroatoms. The Morgan fingerprint density at radius 2 is 1.73 bits per heavy atom. The van der Waals surface area contributed by atoms with Gasteiger partial charge < -0.3 is 5.32 Å². The standard InChI is InChI=1S/C18H18FN3/c1-12-7-13(2)9-17(8-12)20-10-15-11-21-22-18(15)14-3-5-16(19)6-4-14/h3-9,11,20H,10H2,1-2H3,(H,21,22). The number of benzene rings is 2. The van der Waals surface area contributed by atoms with E-state index in [1.807, 2.05) is 0 Å². The van der Waals surface area contributed by atoms with Crippen molar-refractivity contribution in [3.63, 3.8) is 0 Å². The van der Waals surface area contributed by atoms with Crippen molar-refractivity contribution in [1.82, 2.24) is 10.2 Å². The number of aryl methyl sites for hydroxylation is 2. The lowest BCUT2D eigenvalue weighted by atomic mass is 10.1. The second-order valence-corrected chi connectivity index (χ2v) is 5.51. The van der Waals surface area contributed by atoms with E-state index in [0.717, 1.165) is 22.5 Å². The van der Waals surface area contributed by atoms with Gasteiger partial charge in [-0.15, -0.1) is 0 Å². The first-order chi connectivity index (χ1) is 10.6. The predicted octanol–water partition coefficient (Wildman–Crippen LogP) is 4.44. The monoisotopic (exact) mass is 295 g/mol. The molecule has 0 unspecified atom stereocenters. The Labute approximate surface area is 129 Å². The maximum atomic E-state index is 13.0. The zero-order chi connectivity index (χ0) is 15.5. The van der Waals surface area contributed by atoms with Gasteiger partial charge in [-0.2, -0.15) is 5.10 Å². The third-order valence-electron chi connectivity index (χ3n) is 3.56. The van der Waals surface area contributed by atoms with Crippen molar-refractivity contribution in [3.8, 4) is 11.3 Å². The molecule has 0 radical (unpaired) electrons. The molecule has 0 bridgehead atoms. The van der Waals surface area contributed by atoms with E-state index in [9.17, 15) is 4.39 Å². The van der Waals surface area contributed by atoms with E-state index in [0.29, 0.717) is 6.54 Å². The minimum atomic E-state index is -0.238. The maximum absolute atomic E-state index is 13.0. The molecule has 3 rings (SSSR count). The molecule has 3 nitrogen and oxygen atoms in total. The summed E-state index contributed by atoms with van der Waals surface area (Å²) in [6.45, 7) is 4.83. The number of hydrogen-bond donors (Lipinski definition) is 2. The van der Waals surface area contributed by atoms with E-state index >= 15 is 0 Å². The van der Waals surface area contributed by atoms with Crippen LogP contribution in [0.2, 0.25) is 0 Å². The van der Waals surface area contributed by atoms with Crippen LogP contribution in [0.25, 0.3) is 11.3 Å². The first-order valence-corrected chi connectivity index (χ1v) is 7.22.